The molecule has 1 aromatic heterocycles. The highest BCUT2D eigenvalue weighted by atomic mass is 32.2. The number of rotatable bonds is 6. The van der Waals surface area contributed by atoms with Gasteiger partial charge in [-0.05, 0) is 43.0 Å². The number of furan rings is 1. The predicted molar refractivity (Wildman–Crippen MR) is 88.1 cm³/mol. The normalized spacial score (nSPS) is 15.4. The van der Waals surface area contributed by atoms with Crippen molar-refractivity contribution in [1.82, 2.24) is 5.32 Å². The van der Waals surface area contributed by atoms with E-state index >= 15 is 0 Å². The molecule has 25 heavy (non-hydrogen) atoms. The van der Waals surface area contributed by atoms with Crippen molar-refractivity contribution in [3.63, 3.8) is 0 Å². The number of carbonyl (C=O) groups is 1. The summed E-state index contributed by atoms with van der Waals surface area (Å²) in [5, 5.41) is 12.5. The lowest BCUT2D eigenvalue weighted by Gasteiger charge is -2.28. The number of amides is 1. The van der Waals surface area contributed by atoms with Gasteiger partial charge in [0.05, 0.1) is 18.7 Å². The Morgan fingerprint density at radius 3 is 2.40 bits per heavy atom. The average Bonchev–Trinajstić information content (AvgIpc) is 3.08. The van der Waals surface area contributed by atoms with Crippen LogP contribution in [0.25, 0.3) is 0 Å². The van der Waals surface area contributed by atoms with Gasteiger partial charge in [0.25, 0.3) is 0 Å². The Kier molecular flexibility index (Phi) is 5.84. The van der Waals surface area contributed by atoms with E-state index in [0.717, 1.165) is 22.8 Å². The van der Waals surface area contributed by atoms with Gasteiger partial charge in [-0.2, -0.15) is 13.2 Å². The summed E-state index contributed by atoms with van der Waals surface area (Å²) in [4.78, 5) is 13.1. The van der Waals surface area contributed by atoms with E-state index in [1.54, 1.807) is 30.8 Å². The van der Waals surface area contributed by atoms with Crippen LogP contribution in [-0.4, -0.2) is 23.4 Å². The number of benzene rings is 1. The fraction of sp³-hybridized carbons (Fsp3) is 0.353. The van der Waals surface area contributed by atoms with Gasteiger partial charge in [0.2, 0.25) is 11.5 Å². The molecule has 0 saturated carbocycles. The van der Waals surface area contributed by atoms with Crippen molar-refractivity contribution in [3.8, 4) is 0 Å². The van der Waals surface area contributed by atoms with Crippen LogP contribution < -0.4 is 5.32 Å². The first-order valence-electron chi connectivity index (χ1n) is 7.44. The number of thioether (sulfide) groups is 1. The quantitative estimate of drug-likeness (QED) is 0.751. The number of aliphatic hydroxyl groups is 1. The van der Waals surface area contributed by atoms with Gasteiger partial charge >= 0.3 is 6.18 Å². The van der Waals surface area contributed by atoms with Gasteiger partial charge in [-0.3, -0.25) is 4.79 Å². The van der Waals surface area contributed by atoms with Crippen LogP contribution in [0.2, 0.25) is 0 Å². The maximum absolute atomic E-state index is 13.3. The van der Waals surface area contributed by atoms with Gasteiger partial charge in [0.1, 0.15) is 5.76 Å². The molecular formula is C17H18F3NO3S. The lowest BCUT2D eigenvalue weighted by molar-refractivity contribution is -0.273. The lowest BCUT2D eigenvalue weighted by atomic mass is 9.95. The van der Waals surface area contributed by atoms with Gasteiger partial charge in [0.15, 0.2) is 0 Å². The molecule has 0 fully saturated rings. The van der Waals surface area contributed by atoms with Crippen molar-refractivity contribution < 1.29 is 27.5 Å². The van der Waals surface area contributed by atoms with Crippen molar-refractivity contribution in [2.75, 3.05) is 6.26 Å². The molecule has 4 nitrogen and oxygen atoms in total. The van der Waals surface area contributed by atoms with Crippen LogP contribution in [0.4, 0.5) is 13.2 Å². The molecule has 0 radical (unpaired) electrons. The summed E-state index contributed by atoms with van der Waals surface area (Å²) in [6.07, 6.45) is -3.30. The molecule has 2 atom stereocenters. The summed E-state index contributed by atoms with van der Waals surface area (Å²) in [7, 11) is 0. The van der Waals surface area contributed by atoms with Crippen LogP contribution in [0, 0.1) is 0 Å². The molecule has 136 valence electrons. The molecule has 1 amide bonds. The summed E-state index contributed by atoms with van der Waals surface area (Å²) in [6.45, 7) is 1.66. The minimum atomic E-state index is -5.05. The number of alkyl halides is 3. The van der Waals surface area contributed by atoms with Crippen LogP contribution in [0.1, 0.15) is 30.7 Å². The molecule has 0 saturated heterocycles. The van der Waals surface area contributed by atoms with Gasteiger partial charge in [-0.1, -0.05) is 12.1 Å². The standard InChI is InChI=1S/C17H18F3NO3S/c1-11(12-5-7-13(25-2)8-6-12)21-15(22)10-16(23,17(18,19)20)14-4-3-9-24-14/h3-9,11,23H,10H2,1-2H3,(H,21,22)/t11-,16-/m0/s1. The Morgan fingerprint density at radius 1 is 1.28 bits per heavy atom. The molecule has 0 aliphatic rings. The second-order valence-electron chi connectivity index (χ2n) is 5.57. The third-order valence-corrected chi connectivity index (χ3v) is 4.55. The SMILES string of the molecule is CSc1ccc([C@H](C)NC(=O)C[C@](O)(c2ccco2)C(F)(F)F)cc1. The first-order chi connectivity index (χ1) is 11.7. The molecule has 0 aliphatic carbocycles. The lowest BCUT2D eigenvalue weighted by Crippen LogP contribution is -2.46. The van der Waals surface area contributed by atoms with E-state index in [4.69, 9.17) is 0 Å². The summed E-state index contributed by atoms with van der Waals surface area (Å²) in [5.74, 6) is -1.65. The molecule has 2 rings (SSSR count). The van der Waals surface area contributed by atoms with E-state index in [9.17, 15) is 23.1 Å². The Bertz CT molecular complexity index is 701. The van der Waals surface area contributed by atoms with Crippen molar-refractivity contribution in [3.05, 3.63) is 54.0 Å². The second-order valence-corrected chi connectivity index (χ2v) is 6.45. The molecular weight excluding hydrogens is 355 g/mol. The molecule has 2 aromatic rings. The summed E-state index contributed by atoms with van der Waals surface area (Å²) in [6, 6.07) is 9.01. The molecule has 8 heteroatoms. The summed E-state index contributed by atoms with van der Waals surface area (Å²) in [5.41, 5.74) is -2.62. The van der Waals surface area contributed by atoms with Crippen molar-refractivity contribution >= 4 is 17.7 Å². The molecule has 0 aliphatic heterocycles. The van der Waals surface area contributed by atoms with Crippen molar-refractivity contribution in [2.24, 2.45) is 0 Å². The van der Waals surface area contributed by atoms with Crippen LogP contribution in [-0.2, 0) is 10.4 Å². The van der Waals surface area contributed by atoms with Gasteiger partial charge < -0.3 is 14.8 Å². The van der Waals surface area contributed by atoms with E-state index in [1.165, 1.54) is 6.07 Å². The summed E-state index contributed by atoms with van der Waals surface area (Å²) < 4.78 is 44.5. The number of nitrogens with one attached hydrogen (secondary N) is 1. The van der Waals surface area contributed by atoms with Gasteiger partial charge in [-0.25, -0.2) is 0 Å². The van der Waals surface area contributed by atoms with Crippen LogP contribution in [0.5, 0.6) is 0 Å². The first kappa shape index (κ1) is 19.4. The van der Waals surface area contributed by atoms with E-state index in [-0.39, 0.29) is 0 Å². The van der Waals surface area contributed by atoms with E-state index in [0.29, 0.717) is 0 Å². The maximum Gasteiger partial charge on any atom is 0.425 e. The predicted octanol–water partition coefficient (Wildman–Crippen LogP) is 4.02. The number of hydrogen-bond donors (Lipinski definition) is 2. The smallest absolute Gasteiger partial charge is 0.425 e. The van der Waals surface area contributed by atoms with Crippen LogP contribution >= 0.6 is 11.8 Å². The molecule has 2 N–H and O–H groups in total. The average molecular weight is 373 g/mol. The van der Waals surface area contributed by atoms with Crippen LogP contribution in [0.15, 0.2) is 52.0 Å². The third kappa shape index (κ3) is 4.38. The van der Waals surface area contributed by atoms with Gasteiger partial charge in [0, 0.05) is 4.90 Å². The van der Waals surface area contributed by atoms with Crippen molar-refractivity contribution in [2.45, 2.75) is 36.1 Å². The zero-order valence-electron chi connectivity index (χ0n) is 13.6. The molecule has 0 bridgehead atoms. The van der Waals surface area contributed by atoms with E-state index in [1.807, 2.05) is 18.4 Å². The first-order valence-corrected chi connectivity index (χ1v) is 8.66. The van der Waals surface area contributed by atoms with Gasteiger partial charge in [-0.15, -0.1) is 11.8 Å². The molecule has 1 heterocycles. The third-order valence-electron chi connectivity index (χ3n) is 3.81. The molecule has 0 unspecified atom stereocenters. The largest absolute Gasteiger partial charge is 0.466 e. The zero-order valence-corrected chi connectivity index (χ0v) is 14.4. The minimum Gasteiger partial charge on any atom is -0.466 e. The highest BCUT2D eigenvalue weighted by molar-refractivity contribution is 7.98. The summed E-state index contributed by atoms with van der Waals surface area (Å²) >= 11 is 1.56. The fourth-order valence-corrected chi connectivity index (χ4v) is 2.75. The highest BCUT2D eigenvalue weighted by Crippen LogP contribution is 2.41. The second kappa shape index (κ2) is 7.53. The zero-order chi connectivity index (χ0) is 18.7. The number of hydrogen-bond acceptors (Lipinski definition) is 4. The molecule has 1 aromatic carbocycles. The monoisotopic (exact) mass is 373 g/mol. The van der Waals surface area contributed by atoms with E-state index < -0.39 is 35.9 Å². The number of halogens is 3. The highest BCUT2D eigenvalue weighted by Gasteiger charge is 2.58. The number of carbonyl (C=O) groups excluding carboxylic acids is 1. The minimum absolute atomic E-state index is 0.502. The maximum atomic E-state index is 13.3. The van der Waals surface area contributed by atoms with Crippen LogP contribution in [0.3, 0.4) is 0 Å². The van der Waals surface area contributed by atoms with E-state index in [2.05, 4.69) is 9.73 Å². The Labute approximate surface area is 147 Å². The van der Waals surface area contributed by atoms with Crippen molar-refractivity contribution in [1.29, 1.82) is 0 Å². The Balaban J connectivity index is 2.11. The Morgan fingerprint density at radius 2 is 1.92 bits per heavy atom. The Hall–Kier alpha value is -1.93. The fourth-order valence-electron chi connectivity index (χ4n) is 2.34. The molecule has 0 spiro atoms. The topological polar surface area (TPSA) is 62.5 Å².